The molecule has 19 heavy (non-hydrogen) atoms. The zero-order valence-corrected chi connectivity index (χ0v) is 11.6. The maximum atomic E-state index is 12.0. The van der Waals surface area contributed by atoms with Crippen LogP contribution in [0.1, 0.15) is 6.92 Å². The molecular weight excluding hydrogens is 240 g/mol. The maximum absolute atomic E-state index is 12.0. The van der Waals surface area contributed by atoms with Gasteiger partial charge in [0.1, 0.15) is 0 Å². The lowest BCUT2D eigenvalue weighted by Gasteiger charge is -2.37. The molecule has 1 fully saturated rings. The molecule has 1 heterocycles. The Morgan fingerprint density at radius 3 is 2.84 bits per heavy atom. The van der Waals surface area contributed by atoms with Crippen molar-refractivity contribution in [2.24, 2.45) is 0 Å². The first-order valence-electron chi connectivity index (χ1n) is 6.63. The van der Waals surface area contributed by atoms with E-state index in [-0.39, 0.29) is 5.91 Å². The Balaban J connectivity index is 1.87. The molecule has 5 heteroatoms. The number of nitrogens with zero attached hydrogens (tertiary/aromatic N) is 2. The highest BCUT2D eigenvalue weighted by Crippen LogP contribution is 2.16. The Hall–Kier alpha value is -1.59. The third kappa shape index (κ3) is 3.68. The molecule has 1 aliphatic heterocycles. The number of carbonyl (C=O) groups is 1. The predicted molar refractivity (Wildman–Crippen MR) is 78.0 cm³/mol. The summed E-state index contributed by atoms with van der Waals surface area (Å²) in [4.78, 5) is 16.5. The fourth-order valence-corrected chi connectivity index (χ4v) is 2.27. The first kappa shape index (κ1) is 13.8. The van der Waals surface area contributed by atoms with Crippen molar-refractivity contribution in [1.82, 2.24) is 9.80 Å². The Labute approximate surface area is 114 Å². The molecule has 0 saturated carbocycles. The molecule has 1 aliphatic rings. The van der Waals surface area contributed by atoms with E-state index in [0.717, 1.165) is 19.6 Å². The summed E-state index contributed by atoms with van der Waals surface area (Å²) in [6.45, 7) is 5.46. The Bertz CT molecular complexity index is 449. The van der Waals surface area contributed by atoms with E-state index in [1.807, 2.05) is 18.2 Å². The van der Waals surface area contributed by atoms with Crippen molar-refractivity contribution in [3.8, 4) is 0 Å². The van der Waals surface area contributed by atoms with Crippen LogP contribution in [-0.4, -0.2) is 55.0 Å². The smallest absolute Gasteiger partial charge is 0.238 e. The van der Waals surface area contributed by atoms with Crippen molar-refractivity contribution in [2.45, 2.75) is 13.0 Å². The van der Waals surface area contributed by atoms with Crippen LogP contribution < -0.4 is 11.1 Å². The van der Waals surface area contributed by atoms with E-state index >= 15 is 0 Å². The predicted octanol–water partition coefficient (Wildman–Crippen LogP) is 0.843. The van der Waals surface area contributed by atoms with Crippen LogP contribution in [0.5, 0.6) is 0 Å². The second kappa shape index (κ2) is 6.04. The average Bonchev–Trinajstić information content (AvgIpc) is 2.37. The van der Waals surface area contributed by atoms with E-state index in [1.165, 1.54) is 0 Å². The molecular formula is C14H22N4O. The molecule has 3 N–H and O–H groups in total. The van der Waals surface area contributed by atoms with Crippen LogP contribution in [0.3, 0.4) is 0 Å². The lowest BCUT2D eigenvalue weighted by atomic mass is 10.2. The fourth-order valence-electron chi connectivity index (χ4n) is 2.27. The van der Waals surface area contributed by atoms with Gasteiger partial charge >= 0.3 is 0 Å². The quantitative estimate of drug-likeness (QED) is 0.793. The van der Waals surface area contributed by atoms with Gasteiger partial charge in [0.05, 0.1) is 17.9 Å². The van der Waals surface area contributed by atoms with Crippen LogP contribution in [0.2, 0.25) is 0 Å². The van der Waals surface area contributed by atoms with Gasteiger partial charge in [-0.1, -0.05) is 12.1 Å². The molecule has 1 atom stereocenters. The van der Waals surface area contributed by atoms with Gasteiger partial charge < -0.3 is 16.0 Å². The van der Waals surface area contributed by atoms with Crippen LogP contribution in [-0.2, 0) is 4.79 Å². The molecule has 5 nitrogen and oxygen atoms in total. The highest BCUT2D eigenvalue weighted by atomic mass is 16.2. The second-order valence-corrected chi connectivity index (χ2v) is 5.20. The minimum atomic E-state index is -0.00495. The van der Waals surface area contributed by atoms with Crippen LogP contribution in [0.25, 0.3) is 0 Å². The first-order valence-corrected chi connectivity index (χ1v) is 6.63. The van der Waals surface area contributed by atoms with E-state index in [1.54, 1.807) is 6.07 Å². The molecule has 1 aromatic rings. The minimum Gasteiger partial charge on any atom is -0.397 e. The van der Waals surface area contributed by atoms with Gasteiger partial charge in [0.2, 0.25) is 5.91 Å². The van der Waals surface area contributed by atoms with Gasteiger partial charge in [-0.3, -0.25) is 9.69 Å². The molecule has 0 radical (unpaired) electrons. The van der Waals surface area contributed by atoms with Crippen LogP contribution in [0.4, 0.5) is 11.4 Å². The summed E-state index contributed by atoms with van der Waals surface area (Å²) in [5, 5.41) is 2.86. The van der Waals surface area contributed by atoms with Gasteiger partial charge in [0, 0.05) is 25.7 Å². The number of carbonyl (C=O) groups excluding carboxylic acids is 1. The van der Waals surface area contributed by atoms with Crippen molar-refractivity contribution in [1.29, 1.82) is 0 Å². The van der Waals surface area contributed by atoms with E-state index in [2.05, 4.69) is 29.1 Å². The standard InChI is InChI=1S/C14H22N4O/c1-11-9-18(8-7-17(11)2)10-14(19)16-13-6-4-3-5-12(13)15/h3-6,11H,7-10,15H2,1-2H3,(H,16,19). The zero-order chi connectivity index (χ0) is 13.8. The molecule has 0 aromatic heterocycles. The monoisotopic (exact) mass is 262 g/mol. The largest absolute Gasteiger partial charge is 0.397 e. The number of nitrogen functional groups attached to an aromatic ring is 1. The average molecular weight is 262 g/mol. The number of amides is 1. The lowest BCUT2D eigenvalue weighted by Crippen LogP contribution is -2.51. The topological polar surface area (TPSA) is 61.6 Å². The number of nitrogens with two attached hydrogens (primary N) is 1. The number of hydrogen-bond acceptors (Lipinski definition) is 4. The lowest BCUT2D eigenvalue weighted by molar-refractivity contribution is -0.117. The van der Waals surface area contributed by atoms with Gasteiger partial charge in [-0.15, -0.1) is 0 Å². The van der Waals surface area contributed by atoms with Crippen LogP contribution in [0.15, 0.2) is 24.3 Å². The summed E-state index contributed by atoms with van der Waals surface area (Å²) in [5.74, 6) is -0.00495. The van der Waals surface area contributed by atoms with Gasteiger partial charge in [-0.2, -0.15) is 0 Å². The highest BCUT2D eigenvalue weighted by Gasteiger charge is 2.22. The van der Waals surface area contributed by atoms with Crippen LogP contribution >= 0.6 is 0 Å². The summed E-state index contributed by atoms with van der Waals surface area (Å²) in [5.41, 5.74) is 7.10. The number of piperazine rings is 1. The SMILES string of the molecule is CC1CN(CC(=O)Nc2ccccc2N)CCN1C. The number of likely N-dealkylation sites (N-methyl/N-ethyl adjacent to an activating group) is 1. The normalized spacial score (nSPS) is 21.3. The van der Waals surface area contributed by atoms with E-state index < -0.39 is 0 Å². The van der Waals surface area contributed by atoms with Crippen LogP contribution in [0, 0.1) is 0 Å². The molecule has 1 amide bonds. The molecule has 2 rings (SSSR count). The van der Waals surface area contributed by atoms with Crippen molar-refractivity contribution in [3.63, 3.8) is 0 Å². The van der Waals surface area contributed by atoms with Crippen molar-refractivity contribution in [2.75, 3.05) is 44.3 Å². The van der Waals surface area contributed by atoms with Gasteiger partial charge in [-0.25, -0.2) is 0 Å². The Morgan fingerprint density at radius 2 is 2.16 bits per heavy atom. The van der Waals surface area contributed by atoms with E-state index in [4.69, 9.17) is 5.73 Å². The molecule has 0 aliphatic carbocycles. The number of para-hydroxylation sites is 2. The third-order valence-corrected chi connectivity index (χ3v) is 3.65. The van der Waals surface area contributed by atoms with Gasteiger partial charge in [0.25, 0.3) is 0 Å². The zero-order valence-electron chi connectivity index (χ0n) is 11.6. The van der Waals surface area contributed by atoms with E-state index in [0.29, 0.717) is 24.0 Å². The third-order valence-electron chi connectivity index (χ3n) is 3.65. The van der Waals surface area contributed by atoms with Crippen molar-refractivity contribution >= 4 is 17.3 Å². The molecule has 1 saturated heterocycles. The molecule has 0 bridgehead atoms. The molecule has 104 valence electrons. The minimum absolute atomic E-state index is 0.00495. The number of nitrogens with one attached hydrogen (secondary N) is 1. The van der Waals surface area contributed by atoms with Gasteiger partial charge in [0.15, 0.2) is 0 Å². The number of anilines is 2. The second-order valence-electron chi connectivity index (χ2n) is 5.20. The van der Waals surface area contributed by atoms with E-state index in [9.17, 15) is 4.79 Å². The molecule has 0 spiro atoms. The summed E-state index contributed by atoms with van der Waals surface area (Å²) in [6.07, 6.45) is 0. The Kier molecular flexibility index (Phi) is 4.39. The maximum Gasteiger partial charge on any atom is 0.238 e. The first-order chi connectivity index (χ1) is 9.06. The number of hydrogen-bond donors (Lipinski definition) is 2. The van der Waals surface area contributed by atoms with Crippen molar-refractivity contribution < 1.29 is 4.79 Å². The summed E-state index contributed by atoms with van der Waals surface area (Å²) in [7, 11) is 2.12. The summed E-state index contributed by atoms with van der Waals surface area (Å²) >= 11 is 0. The summed E-state index contributed by atoms with van der Waals surface area (Å²) < 4.78 is 0. The summed E-state index contributed by atoms with van der Waals surface area (Å²) in [6, 6.07) is 7.81. The highest BCUT2D eigenvalue weighted by molar-refractivity contribution is 5.95. The molecule has 1 unspecified atom stereocenters. The van der Waals surface area contributed by atoms with Gasteiger partial charge in [-0.05, 0) is 26.1 Å². The number of benzene rings is 1. The number of rotatable bonds is 3. The Morgan fingerprint density at radius 1 is 1.42 bits per heavy atom. The fraction of sp³-hybridized carbons (Fsp3) is 0.500. The van der Waals surface area contributed by atoms with Crippen molar-refractivity contribution in [3.05, 3.63) is 24.3 Å². The molecule has 1 aromatic carbocycles.